The van der Waals surface area contributed by atoms with Gasteiger partial charge < -0.3 is 59.1 Å². The fraction of sp³-hybridized carbons (Fsp3) is 0.750. The number of nitrogens with two attached hydrogens (primary N) is 1. The SMILES string of the molecule is CC(C)(C)OC(=O)N1CCCN(C(=O)OC(C)(C)C)CCN(C(=O)OC(C)(C)C)CCCN(C(=O)CNC(=O)C2OC(n3cnc4c(N)ncnc43)C3OC(C)(C)OC23)CC1. The Labute approximate surface area is 356 Å². The number of ether oxygens (including phenoxy) is 6. The van der Waals surface area contributed by atoms with Crippen LogP contribution in [0.5, 0.6) is 0 Å². The maximum absolute atomic E-state index is 14.0. The lowest BCUT2D eigenvalue weighted by molar-refractivity contribution is -0.197. The number of aromatic nitrogens is 4. The molecule has 3 saturated heterocycles. The van der Waals surface area contributed by atoms with Crippen LogP contribution in [0, 0.1) is 0 Å². The number of carbonyl (C=O) groups is 5. The van der Waals surface area contributed by atoms with E-state index in [1.165, 1.54) is 32.3 Å². The summed E-state index contributed by atoms with van der Waals surface area (Å²) < 4.78 is 37.3. The van der Waals surface area contributed by atoms with E-state index in [9.17, 15) is 24.0 Å². The third-order valence-corrected chi connectivity index (χ3v) is 9.66. The number of imidazole rings is 1. The summed E-state index contributed by atoms with van der Waals surface area (Å²) in [5, 5.41) is 2.73. The van der Waals surface area contributed by atoms with E-state index in [2.05, 4.69) is 20.3 Å². The van der Waals surface area contributed by atoms with E-state index < -0.39 is 83.8 Å². The van der Waals surface area contributed by atoms with Gasteiger partial charge in [-0.2, -0.15) is 0 Å². The van der Waals surface area contributed by atoms with Crippen LogP contribution in [0.2, 0.25) is 0 Å². The molecule has 4 unspecified atom stereocenters. The molecule has 21 heteroatoms. The Morgan fingerprint density at radius 3 is 1.66 bits per heavy atom. The largest absolute Gasteiger partial charge is 0.444 e. The lowest BCUT2D eigenvalue weighted by Crippen LogP contribution is -2.50. The average Bonchev–Trinajstić information content (AvgIpc) is 3.79. The quantitative estimate of drug-likeness (QED) is 0.420. The van der Waals surface area contributed by atoms with Crippen molar-refractivity contribution in [2.24, 2.45) is 0 Å². The van der Waals surface area contributed by atoms with E-state index >= 15 is 0 Å². The molecule has 5 heterocycles. The van der Waals surface area contributed by atoms with Crippen molar-refractivity contribution in [1.82, 2.24) is 44.4 Å². The van der Waals surface area contributed by atoms with Crippen LogP contribution in [-0.4, -0.2) is 169 Å². The number of nitrogens with zero attached hydrogens (tertiary/aromatic N) is 8. The molecule has 3 aliphatic heterocycles. The summed E-state index contributed by atoms with van der Waals surface area (Å²) in [5.41, 5.74) is 4.43. The summed E-state index contributed by atoms with van der Waals surface area (Å²) in [7, 11) is 0. The van der Waals surface area contributed by atoms with Gasteiger partial charge in [0.15, 0.2) is 29.6 Å². The molecule has 5 rings (SSSR count). The topological polar surface area (TPSA) is 235 Å². The Morgan fingerprint density at radius 2 is 1.16 bits per heavy atom. The van der Waals surface area contributed by atoms with Gasteiger partial charge in [-0.05, 0) is 89.0 Å². The molecular weight excluding hydrogens is 796 g/mol. The van der Waals surface area contributed by atoms with Gasteiger partial charge in [0, 0.05) is 52.4 Å². The minimum atomic E-state index is -1.18. The smallest absolute Gasteiger partial charge is 0.410 e. The fourth-order valence-electron chi connectivity index (χ4n) is 7.05. The second-order valence-corrected chi connectivity index (χ2v) is 18.8. The van der Waals surface area contributed by atoms with E-state index in [1.807, 2.05) is 0 Å². The molecule has 21 nitrogen and oxygen atoms in total. The van der Waals surface area contributed by atoms with Crippen molar-refractivity contribution in [1.29, 1.82) is 0 Å². The van der Waals surface area contributed by atoms with E-state index in [0.717, 1.165) is 0 Å². The van der Waals surface area contributed by atoms with Gasteiger partial charge in [0.2, 0.25) is 5.91 Å². The number of hydrogen-bond donors (Lipinski definition) is 2. The van der Waals surface area contributed by atoms with Gasteiger partial charge in [-0.15, -0.1) is 0 Å². The third kappa shape index (κ3) is 12.8. The number of fused-ring (bicyclic) bond motifs is 2. The zero-order valence-electron chi connectivity index (χ0n) is 37.4. The van der Waals surface area contributed by atoms with Crippen molar-refractivity contribution in [3.63, 3.8) is 0 Å². The minimum Gasteiger partial charge on any atom is -0.444 e. The molecule has 2 aromatic heterocycles. The van der Waals surface area contributed by atoms with Gasteiger partial charge in [0.25, 0.3) is 5.91 Å². The predicted molar refractivity (Wildman–Crippen MR) is 220 cm³/mol. The van der Waals surface area contributed by atoms with Crippen LogP contribution in [0.3, 0.4) is 0 Å². The molecule has 3 N–H and O–H groups in total. The van der Waals surface area contributed by atoms with Crippen molar-refractivity contribution in [3.05, 3.63) is 12.7 Å². The van der Waals surface area contributed by atoms with Crippen LogP contribution in [0.15, 0.2) is 12.7 Å². The molecule has 340 valence electrons. The highest BCUT2D eigenvalue weighted by Crippen LogP contribution is 2.44. The molecule has 0 spiro atoms. The van der Waals surface area contributed by atoms with Gasteiger partial charge in [-0.1, -0.05) is 0 Å². The number of amides is 5. The van der Waals surface area contributed by atoms with E-state index in [1.54, 1.807) is 80.7 Å². The summed E-state index contributed by atoms with van der Waals surface area (Å²) in [4.78, 5) is 86.9. The molecule has 61 heavy (non-hydrogen) atoms. The van der Waals surface area contributed by atoms with Crippen LogP contribution >= 0.6 is 0 Å². The molecule has 0 radical (unpaired) electrons. The van der Waals surface area contributed by atoms with Gasteiger partial charge >= 0.3 is 18.3 Å². The average molecular weight is 861 g/mol. The Kier molecular flexibility index (Phi) is 14.3. The van der Waals surface area contributed by atoms with Crippen molar-refractivity contribution < 1.29 is 52.4 Å². The summed E-state index contributed by atoms with van der Waals surface area (Å²) in [5.74, 6) is -1.91. The highest BCUT2D eigenvalue weighted by Gasteiger charge is 2.58. The molecule has 0 bridgehead atoms. The van der Waals surface area contributed by atoms with Crippen LogP contribution in [0.1, 0.15) is 95.2 Å². The van der Waals surface area contributed by atoms with E-state index in [-0.39, 0.29) is 58.2 Å². The standard InChI is InChI=1S/C40H64N10O11/c1-37(2,3)59-34(53)47-16-13-17-49(36(55)61-39(7,8)9)21-20-48(35(54)60-38(4,5)6)15-12-14-46(18-19-47)25(51)22-42-32(52)28-27-29(58-40(10,11)57-27)33(56-28)50-24-45-26-30(41)43-23-44-31(26)50/h23-24,27-29,33H,12-22H2,1-11H3,(H,42,52)(H2,41,43,44). The van der Waals surface area contributed by atoms with Gasteiger partial charge in [0.1, 0.15) is 40.9 Å². The second kappa shape index (κ2) is 18.5. The first-order valence-corrected chi connectivity index (χ1v) is 20.7. The van der Waals surface area contributed by atoms with E-state index in [0.29, 0.717) is 24.0 Å². The Morgan fingerprint density at radius 1 is 0.705 bits per heavy atom. The molecule has 5 amide bonds. The summed E-state index contributed by atoms with van der Waals surface area (Å²) in [6.07, 6.45) is -1.88. The third-order valence-electron chi connectivity index (χ3n) is 9.66. The van der Waals surface area contributed by atoms with Gasteiger partial charge in [-0.3, -0.25) is 14.2 Å². The first-order chi connectivity index (χ1) is 28.3. The number of nitrogens with one attached hydrogen (secondary N) is 1. The van der Waals surface area contributed by atoms with Crippen molar-refractivity contribution in [2.45, 2.75) is 136 Å². The van der Waals surface area contributed by atoms with Crippen LogP contribution < -0.4 is 11.1 Å². The van der Waals surface area contributed by atoms with Crippen molar-refractivity contribution >= 4 is 47.1 Å². The zero-order chi connectivity index (χ0) is 45.1. The number of hydrogen-bond acceptors (Lipinski definition) is 15. The summed E-state index contributed by atoms with van der Waals surface area (Å²) >= 11 is 0. The molecule has 2 aromatic rings. The minimum absolute atomic E-state index is 0.0761. The highest BCUT2D eigenvalue weighted by molar-refractivity contribution is 5.88. The number of carbonyl (C=O) groups excluding carboxylic acids is 5. The molecule has 3 fully saturated rings. The zero-order valence-corrected chi connectivity index (χ0v) is 37.4. The Hall–Kier alpha value is -5.02. The first kappa shape index (κ1) is 47.0. The number of rotatable bonds is 4. The van der Waals surface area contributed by atoms with E-state index in [4.69, 9.17) is 34.2 Å². The first-order valence-electron chi connectivity index (χ1n) is 20.7. The monoisotopic (exact) mass is 860 g/mol. The second-order valence-electron chi connectivity index (χ2n) is 18.8. The number of nitrogen functional groups attached to an aromatic ring is 1. The molecular formula is C40H64N10O11. The van der Waals surface area contributed by atoms with Gasteiger partial charge in [0.05, 0.1) is 12.9 Å². The Balaban J connectivity index is 1.33. The lowest BCUT2D eigenvalue weighted by atomic mass is 10.1. The molecule has 0 aromatic carbocycles. The molecule has 3 aliphatic rings. The van der Waals surface area contributed by atoms with Crippen LogP contribution in [0.25, 0.3) is 11.2 Å². The van der Waals surface area contributed by atoms with Gasteiger partial charge in [-0.25, -0.2) is 29.3 Å². The van der Waals surface area contributed by atoms with Crippen LogP contribution in [0.4, 0.5) is 20.2 Å². The van der Waals surface area contributed by atoms with Crippen molar-refractivity contribution in [3.8, 4) is 0 Å². The fourth-order valence-corrected chi connectivity index (χ4v) is 7.05. The van der Waals surface area contributed by atoms with Crippen LogP contribution in [-0.2, 0) is 38.0 Å². The Bertz CT molecular complexity index is 1900. The maximum atomic E-state index is 14.0. The maximum Gasteiger partial charge on any atom is 0.410 e. The molecule has 0 aliphatic carbocycles. The molecule has 4 atom stereocenters. The highest BCUT2D eigenvalue weighted by atomic mass is 16.8. The normalized spacial score (nSPS) is 23.3. The summed E-state index contributed by atoms with van der Waals surface area (Å²) in [6, 6.07) is 0. The predicted octanol–water partition coefficient (Wildman–Crippen LogP) is 3.28. The van der Waals surface area contributed by atoms with Crippen molar-refractivity contribution in [2.75, 3.05) is 64.6 Å². The lowest BCUT2D eigenvalue weighted by Gasteiger charge is -2.34. The summed E-state index contributed by atoms with van der Waals surface area (Å²) in [6.45, 7) is 20.1. The molecule has 0 saturated carbocycles. The number of anilines is 1.